The molecule has 4 aromatic rings. The minimum Gasteiger partial charge on any atom is -0.403 e. The number of aryl methyl sites for hydroxylation is 1. The van der Waals surface area contributed by atoms with Gasteiger partial charge in [0.05, 0.1) is 27.7 Å². The van der Waals surface area contributed by atoms with Crippen LogP contribution < -0.4 is 10.5 Å². The molecule has 1 aliphatic heterocycles. The van der Waals surface area contributed by atoms with Crippen molar-refractivity contribution in [3.63, 3.8) is 0 Å². The Morgan fingerprint density at radius 2 is 1.67 bits per heavy atom. The van der Waals surface area contributed by atoms with Gasteiger partial charge in [-0.2, -0.15) is 0 Å². The normalized spacial score (nSPS) is 13.2. The molecule has 2 amide bonds. The second-order valence-electron chi connectivity index (χ2n) is 6.96. The summed E-state index contributed by atoms with van der Waals surface area (Å²) in [6, 6.07) is 17.1. The van der Waals surface area contributed by atoms with Gasteiger partial charge in [-0.15, -0.1) is 0 Å². The van der Waals surface area contributed by atoms with E-state index in [0.29, 0.717) is 27.7 Å². The first kappa shape index (κ1) is 18.4. The fraction of sp³-hybridized carbons (Fsp3) is 0.0435. The van der Waals surface area contributed by atoms with Gasteiger partial charge in [-0.25, -0.2) is 14.7 Å². The molecule has 0 bridgehead atoms. The predicted molar refractivity (Wildman–Crippen MR) is 116 cm³/mol. The summed E-state index contributed by atoms with van der Waals surface area (Å²) in [6.07, 6.45) is 0. The van der Waals surface area contributed by atoms with Crippen molar-refractivity contribution in [3.8, 4) is 11.5 Å². The van der Waals surface area contributed by atoms with E-state index in [1.807, 2.05) is 19.1 Å². The Morgan fingerprint density at radius 1 is 0.900 bits per heavy atom. The first-order valence-electron chi connectivity index (χ1n) is 9.13. The number of benzene rings is 3. The predicted octanol–water partition coefficient (Wildman–Crippen LogP) is 4.73. The van der Waals surface area contributed by atoms with Crippen molar-refractivity contribution in [2.24, 2.45) is 0 Å². The number of hydrogen-bond acceptors (Lipinski definition) is 5. The van der Waals surface area contributed by atoms with Crippen LogP contribution in [0.1, 0.15) is 26.3 Å². The molecule has 5 rings (SSSR count). The molecule has 0 radical (unpaired) electrons. The van der Waals surface area contributed by atoms with E-state index >= 15 is 0 Å². The van der Waals surface area contributed by atoms with Crippen molar-refractivity contribution in [1.29, 1.82) is 0 Å². The van der Waals surface area contributed by atoms with Gasteiger partial charge >= 0.3 is 5.63 Å². The summed E-state index contributed by atoms with van der Waals surface area (Å²) < 4.78 is 6.13. The fourth-order valence-electron chi connectivity index (χ4n) is 3.57. The maximum absolute atomic E-state index is 13.0. The highest BCUT2D eigenvalue weighted by atomic mass is 79.9. The summed E-state index contributed by atoms with van der Waals surface area (Å²) in [7, 11) is 0. The number of aromatic nitrogens is 1. The average molecular weight is 461 g/mol. The third-order valence-corrected chi connectivity index (χ3v) is 5.57. The highest BCUT2D eigenvalue weighted by Gasteiger charge is 2.37. The van der Waals surface area contributed by atoms with E-state index in [-0.39, 0.29) is 17.4 Å². The summed E-state index contributed by atoms with van der Waals surface area (Å²) in [4.78, 5) is 43.9. The fourth-order valence-corrected chi connectivity index (χ4v) is 3.94. The molecule has 0 unspecified atom stereocenters. The van der Waals surface area contributed by atoms with Crippen molar-refractivity contribution >= 4 is 44.3 Å². The Bertz CT molecular complexity index is 1440. The van der Waals surface area contributed by atoms with Gasteiger partial charge in [0.2, 0.25) is 5.89 Å². The molecule has 0 spiro atoms. The number of amides is 2. The van der Waals surface area contributed by atoms with Crippen LogP contribution in [0.2, 0.25) is 0 Å². The summed E-state index contributed by atoms with van der Waals surface area (Å²) >= 11 is 3.32. The van der Waals surface area contributed by atoms with Crippen molar-refractivity contribution in [1.82, 2.24) is 4.98 Å². The number of carbonyl (C=O) groups excluding carboxylic acids is 2. The minimum atomic E-state index is -0.527. The standard InChI is InChI=1S/C23H13BrN2O4/c1-12-4-2-3-5-19(12)26-21(27)15-8-6-13(10-16(15)22(26)28)20-25-18-9-7-14(24)11-17(18)23(29)30-20/h2-11H,1H3. The Kier molecular flexibility index (Phi) is 4.15. The van der Waals surface area contributed by atoms with Crippen LogP contribution in [0.25, 0.3) is 22.4 Å². The van der Waals surface area contributed by atoms with Crippen molar-refractivity contribution in [2.75, 3.05) is 4.90 Å². The van der Waals surface area contributed by atoms with Gasteiger partial charge < -0.3 is 4.42 Å². The molecule has 0 atom stereocenters. The van der Waals surface area contributed by atoms with Gasteiger partial charge in [-0.05, 0) is 55.0 Å². The van der Waals surface area contributed by atoms with Gasteiger partial charge in [0.25, 0.3) is 11.8 Å². The van der Waals surface area contributed by atoms with Crippen molar-refractivity contribution < 1.29 is 14.0 Å². The zero-order valence-corrected chi connectivity index (χ0v) is 17.3. The van der Waals surface area contributed by atoms with E-state index in [1.165, 1.54) is 4.90 Å². The van der Waals surface area contributed by atoms with Crippen LogP contribution in [0, 0.1) is 6.92 Å². The Hall–Kier alpha value is -3.58. The number of rotatable bonds is 2. The van der Waals surface area contributed by atoms with Gasteiger partial charge in [-0.3, -0.25) is 9.59 Å². The molecule has 1 aromatic heterocycles. The first-order valence-corrected chi connectivity index (χ1v) is 9.92. The highest BCUT2D eigenvalue weighted by Crippen LogP contribution is 2.33. The summed E-state index contributed by atoms with van der Waals surface area (Å²) in [5.41, 5.74) is 2.32. The number of para-hydroxylation sites is 1. The molecule has 0 saturated carbocycles. The number of carbonyl (C=O) groups is 2. The first-order chi connectivity index (χ1) is 14.4. The second-order valence-corrected chi connectivity index (χ2v) is 7.88. The zero-order chi connectivity index (χ0) is 21.0. The van der Waals surface area contributed by atoms with Gasteiger partial charge in [0.15, 0.2) is 0 Å². The molecule has 1 aliphatic rings. The van der Waals surface area contributed by atoms with Crippen LogP contribution in [0.3, 0.4) is 0 Å². The second kappa shape index (κ2) is 6.74. The summed E-state index contributed by atoms with van der Waals surface area (Å²) in [5.74, 6) is -0.709. The minimum absolute atomic E-state index is 0.0900. The van der Waals surface area contributed by atoms with Crippen LogP contribution in [-0.2, 0) is 0 Å². The van der Waals surface area contributed by atoms with E-state index in [0.717, 1.165) is 10.0 Å². The lowest BCUT2D eigenvalue weighted by Gasteiger charge is -2.16. The number of imide groups is 1. The maximum Gasteiger partial charge on any atom is 0.347 e. The van der Waals surface area contributed by atoms with Crippen LogP contribution in [0.15, 0.2) is 74.3 Å². The molecule has 0 saturated heterocycles. The van der Waals surface area contributed by atoms with Crippen molar-refractivity contribution in [3.05, 3.63) is 92.2 Å². The molecule has 0 fully saturated rings. The van der Waals surface area contributed by atoms with Gasteiger partial charge in [-0.1, -0.05) is 34.1 Å². The number of fused-ring (bicyclic) bond motifs is 2. The SMILES string of the molecule is Cc1ccccc1N1C(=O)c2ccc(-c3nc4ccc(Br)cc4c(=O)o3)cc2C1=O. The van der Waals surface area contributed by atoms with E-state index in [1.54, 1.807) is 48.5 Å². The Balaban J connectivity index is 1.62. The maximum atomic E-state index is 13.0. The van der Waals surface area contributed by atoms with E-state index in [9.17, 15) is 14.4 Å². The average Bonchev–Trinajstić information content (AvgIpc) is 2.99. The van der Waals surface area contributed by atoms with E-state index < -0.39 is 11.5 Å². The quantitative estimate of drug-likeness (QED) is 0.404. The summed E-state index contributed by atoms with van der Waals surface area (Å²) in [6.45, 7) is 1.84. The number of hydrogen-bond donors (Lipinski definition) is 0. The molecule has 6 nitrogen and oxygen atoms in total. The lowest BCUT2D eigenvalue weighted by atomic mass is 10.1. The third-order valence-electron chi connectivity index (χ3n) is 5.08. The molecular weight excluding hydrogens is 448 g/mol. The molecule has 146 valence electrons. The number of halogens is 1. The lowest BCUT2D eigenvalue weighted by molar-refractivity contribution is 0.0926. The monoisotopic (exact) mass is 460 g/mol. The summed E-state index contributed by atoms with van der Waals surface area (Å²) in [5, 5.41) is 0.353. The molecular formula is C23H13BrN2O4. The zero-order valence-electron chi connectivity index (χ0n) is 15.7. The molecule has 0 N–H and O–H groups in total. The number of anilines is 1. The lowest BCUT2D eigenvalue weighted by Crippen LogP contribution is -2.29. The van der Waals surface area contributed by atoms with Crippen LogP contribution >= 0.6 is 15.9 Å². The highest BCUT2D eigenvalue weighted by molar-refractivity contribution is 9.10. The molecule has 2 heterocycles. The molecule has 3 aromatic carbocycles. The topological polar surface area (TPSA) is 80.5 Å². The largest absolute Gasteiger partial charge is 0.403 e. The van der Waals surface area contributed by atoms with E-state index in [4.69, 9.17) is 4.42 Å². The van der Waals surface area contributed by atoms with Gasteiger partial charge in [0.1, 0.15) is 0 Å². The van der Waals surface area contributed by atoms with E-state index in [2.05, 4.69) is 20.9 Å². The molecule has 7 heteroatoms. The van der Waals surface area contributed by atoms with Crippen molar-refractivity contribution in [2.45, 2.75) is 6.92 Å². The van der Waals surface area contributed by atoms with Crippen LogP contribution in [-0.4, -0.2) is 16.8 Å². The molecule has 30 heavy (non-hydrogen) atoms. The number of nitrogens with zero attached hydrogens (tertiary/aromatic N) is 2. The van der Waals surface area contributed by atoms with Crippen LogP contribution in [0.4, 0.5) is 5.69 Å². The Morgan fingerprint density at radius 3 is 2.47 bits per heavy atom. The van der Waals surface area contributed by atoms with Crippen LogP contribution in [0.5, 0.6) is 0 Å². The Labute approximate surface area is 178 Å². The smallest absolute Gasteiger partial charge is 0.347 e. The molecule has 0 aliphatic carbocycles. The third kappa shape index (κ3) is 2.78. The van der Waals surface area contributed by atoms with Gasteiger partial charge in [0, 0.05) is 10.0 Å².